The van der Waals surface area contributed by atoms with Gasteiger partial charge in [-0.2, -0.15) is 0 Å². The van der Waals surface area contributed by atoms with E-state index in [0.717, 1.165) is 0 Å². The van der Waals surface area contributed by atoms with Gasteiger partial charge in [0.15, 0.2) is 0 Å². The summed E-state index contributed by atoms with van der Waals surface area (Å²) in [6, 6.07) is 10.3. The fourth-order valence-electron chi connectivity index (χ4n) is 1.00. The van der Waals surface area contributed by atoms with Crippen molar-refractivity contribution in [1.29, 1.82) is 0 Å². The van der Waals surface area contributed by atoms with Crippen molar-refractivity contribution in [2.45, 2.75) is 24.5 Å². The zero-order valence-electron chi connectivity index (χ0n) is 8.77. The second-order valence-corrected chi connectivity index (χ2v) is 6.13. The molecule has 0 fully saturated rings. The molecule has 0 aliphatic rings. The Labute approximate surface area is 94.0 Å². The molecule has 14 heavy (non-hydrogen) atoms. The molecule has 1 aromatic carbocycles. The number of ether oxygens (including phenoxy) is 1. The third-order valence-electron chi connectivity index (χ3n) is 1.62. The van der Waals surface area contributed by atoms with E-state index in [9.17, 15) is 0 Å². The van der Waals surface area contributed by atoms with Gasteiger partial charge in [-0.3, -0.25) is 0 Å². The lowest BCUT2D eigenvalue weighted by molar-refractivity contribution is 0.177. The molecular formula is C11H16OS2. The molecule has 0 bridgehead atoms. The molecule has 0 heterocycles. The van der Waals surface area contributed by atoms with Gasteiger partial charge in [-0.1, -0.05) is 65.8 Å². The second-order valence-electron chi connectivity index (χ2n) is 3.22. The lowest BCUT2D eigenvalue weighted by Gasteiger charge is -2.15. The summed E-state index contributed by atoms with van der Waals surface area (Å²) in [7, 11) is 5.38. The summed E-state index contributed by atoms with van der Waals surface area (Å²) in [4.78, 5) is 0. The van der Waals surface area contributed by atoms with Gasteiger partial charge in [0.2, 0.25) is 0 Å². The smallest absolute Gasteiger partial charge is 0.137 e. The van der Waals surface area contributed by atoms with Crippen LogP contribution in [0.2, 0.25) is 0 Å². The Morgan fingerprint density at radius 1 is 1.07 bits per heavy atom. The molecule has 0 spiro atoms. The Bertz CT molecular complexity index is 249. The molecule has 0 amide bonds. The quantitative estimate of drug-likeness (QED) is 0.554. The molecule has 0 N–H and O–H groups in total. The molecule has 78 valence electrons. The number of hydrogen-bond acceptors (Lipinski definition) is 3. The van der Waals surface area contributed by atoms with Crippen molar-refractivity contribution in [3.8, 4) is 0 Å². The Balaban J connectivity index is 2.54. The fourth-order valence-corrected chi connectivity index (χ4v) is 3.21. The highest BCUT2D eigenvalue weighted by Gasteiger charge is 2.11. The molecule has 0 radical (unpaired) electrons. The topological polar surface area (TPSA) is 9.23 Å². The van der Waals surface area contributed by atoms with E-state index in [-0.39, 0.29) is 5.44 Å². The maximum atomic E-state index is 5.43. The first-order valence-electron chi connectivity index (χ1n) is 4.64. The Morgan fingerprint density at radius 3 is 2.21 bits per heavy atom. The van der Waals surface area contributed by atoms with E-state index in [2.05, 4.69) is 26.0 Å². The Kier molecular flexibility index (Phi) is 5.45. The highest BCUT2D eigenvalue weighted by atomic mass is 33.1. The summed E-state index contributed by atoms with van der Waals surface area (Å²) in [5, 5.41) is 0.626. The van der Waals surface area contributed by atoms with Crippen molar-refractivity contribution < 1.29 is 4.74 Å². The van der Waals surface area contributed by atoms with Gasteiger partial charge in [-0.15, -0.1) is 0 Å². The highest BCUT2D eigenvalue weighted by molar-refractivity contribution is 8.76. The van der Waals surface area contributed by atoms with Crippen molar-refractivity contribution >= 4 is 21.6 Å². The minimum Gasteiger partial charge on any atom is -0.365 e. The van der Waals surface area contributed by atoms with E-state index in [4.69, 9.17) is 4.74 Å². The van der Waals surface area contributed by atoms with Crippen LogP contribution in [0.1, 0.15) is 24.8 Å². The Hall–Kier alpha value is -0.120. The molecular weight excluding hydrogens is 212 g/mol. The van der Waals surface area contributed by atoms with Crippen molar-refractivity contribution in [2.75, 3.05) is 7.11 Å². The summed E-state index contributed by atoms with van der Waals surface area (Å²) >= 11 is 0. The maximum Gasteiger partial charge on any atom is 0.137 e. The molecule has 1 unspecified atom stereocenters. The Morgan fingerprint density at radius 2 is 1.71 bits per heavy atom. The van der Waals surface area contributed by atoms with Crippen LogP contribution >= 0.6 is 21.6 Å². The number of rotatable bonds is 5. The van der Waals surface area contributed by atoms with Gasteiger partial charge in [0.05, 0.1) is 0 Å². The number of methoxy groups -OCH3 is 1. The van der Waals surface area contributed by atoms with Crippen molar-refractivity contribution in [1.82, 2.24) is 0 Å². The van der Waals surface area contributed by atoms with Crippen LogP contribution in [-0.4, -0.2) is 12.4 Å². The zero-order chi connectivity index (χ0) is 10.4. The molecule has 0 aliphatic carbocycles. The maximum absolute atomic E-state index is 5.43. The van der Waals surface area contributed by atoms with Gasteiger partial charge >= 0.3 is 0 Å². The van der Waals surface area contributed by atoms with Gasteiger partial charge in [0.25, 0.3) is 0 Å². The van der Waals surface area contributed by atoms with Crippen LogP contribution in [0.15, 0.2) is 30.3 Å². The molecule has 0 aliphatic heterocycles. The predicted octanol–water partition coefficient (Wildman–Crippen LogP) is 4.12. The zero-order valence-corrected chi connectivity index (χ0v) is 10.4. The van der Waals surface area contributed by atoms with E-state index in [1.54, 1.807) is 17.9 Å². The largest absolute Gasteiger partial charge is 0.365 e. The average Bonchev–Trinajstić information content (AvgIpc) is 2.20. The van der Waals surface area contributed by atoms with Crippen molar-refractivity contribution in [2.24, 2.45) is 0 Å². The van der Waals surface area contributed by atoms with E-state index in [0.29, 0.717) is 5.25 Å². The van der Waals surface area contributed by atoms with Gasteiger partial charge in [0.1, 0.15) is 5.44 Å². The van der Waals surface area contributed by atoms with Crippen LogP contribution < -0.4 is 0 Å². The lowest BCUT2D eigenvalue weighted by atomic mass is 10.2. The molecule has 1 nitrogen and oxygen atoms in total. The minimum atomic E-state index is 0.142. The standard InChI is InChI=1S/C11H16OS2/c1-9(2)13-14-11(12-3)10-7-5-4-6-8-10/h4-9,11H,1-3H3. The van der Waals surface area contributed by atoms with Gasteiger partial charge in [-0.05, 0) is 5.56 Å². The third kappa shape index (κ3) is 3.95. The molecule has 0 saturated carbocycles. The summed E-state index contributed by atoms with van der Waals surface area (Å²) in [6.45, 7) is 4.38. The van der Waals surface area contributed by atoms with Crippen LogP contribution in [0, 0.1) is 0 Å². The number of hydrogen-bond donors (Lipinski definition) is 0. The summed E-state index contributed by atoms with van der Waals surface area (Å²) in [6.07, 6.45) is 0. The predicted molar refractivity (Wildman–Crippen MR) is 66.5 cm³/mol. The van der Waals surface area contributed by atoms with E-state index < -0.39 is 0 Å². The summed E-state index contributed by atoms with van der Waals surface area (Å²) in [5.74, 6) is 0. The average molecular weight is 228 g/mol. The van der Waals surface area contributed by atoms with Crippen molar-refractivity contribution in [3.05, 3.63) is 35.9 Å². The van der Waals surface area contributed by atoms with E-state index in [1.165, 1.54) is 5.56 Å². The van der Waals surface area contributed by atoms with Gasteiger partial charge < -0.3 is 4.74 Å². The molecule has 1 rings (SSSR count). The van der Waals surface area contributed by atoms with Crippen LogP contribution in [0.4, 0.5) is 0 Å². The second kappa shape index (κ2) is 6.38. The molecule has 1 atom stereocenters. The first-order chi connectivity index (χ1) is 6.74. The number of benzene rings is 1. The summed E-state index contributed by atoms with van der Waals surface area (Å²) in [5.41, 5.74) is 1.37. The van der Waals surface area contributed by atoms with E-state index >= 15 is 0 Å². The molecule has 0 aromatic heterocycles. The molecule has 0 saturated heterocycles. The van der Waals surface area contributed by atoms with Crippen LogP contribution in [0.5, 0.6) is 0 Å². The van der Waals surface area contributed by atoms with Crippen LogP contribution in [0.3, 0.4) is 0 Å². The minimum absolute atomic E-state index is 0.142. The van der Waals surface area contributed by atoms with Crippen LogP contribution in [0.25, 0.3) is 0 Å². The molecule has 3 heteroatoms. The van der Waals surface area contributed by atoms with E-state index in [1.807, 2.05) is 29.0 Å². The van der Waals surface area contributed by atoms with Gasteiger partial charge in [0, 0.05) is 12.4 Å². The summed E-state index contributed by atoms with van der Waals surface area (Å²) < 4.78 is 5.43. The fraction of sp³-hybridized carbons (Fsp3) is 0.455. The first-order valence-corrected chi connectivity index (χ1v) is 6.91. The first kappa shape index (κ1) is 12.0. The highest BCUT2D eigenvalue weighted by Crippen LogP contribution is 2.40. The van der Waals surface area contributed by atoms with Crippen molar-refractivity contribution in [3.63, 3.8) is 0 Å². The molecule has 1 aromatic rings. The van der Waals surface area contributed by atoms with Crippen LogP contribution in [-0.2, 0) is 4.74 Å². The SMILES string of the molecule is COC(SSC(C)C)c1ccccc1. The third-order valence-corrected chi connectivity index (χ3v) is 4.77. The normalized spacial score (nSPS) is 13.1. The van der Waals surface area contributed by atoms with Gasteiger partial charge in [-0.25, -0.2) is 0 Å². The lowest BCUT2D eigenvalue weighted by Crippen LogP contribution is -1.95. The monoisotopic (exact) mass is 228 g/mol.